The fraction of sp³-hybridized carbons (Fsp3) is 0.235. The molecule has 0 saturated carbocycles. The number of carbonyl (C=O) groups is 1. The molecular weight excluding hydrogens is 262 g/mol. The summed E-state index contributed by atoms with van der Waals surface area (Å²) in [6.45, 7) is 4.07. The molecule has 0 unspecified atom stereocenters. The average molecular weight is 283 g/mol. The molecule has 0 radical (unpaired) electrons. The van der Waals surface area contributed by atoms with Crippen molar-refractivity contribution in [1.82, 2.24) is 4.90 Å². The predicted octanol–water partition coefficient (Wildman–Crippen LogP) is 3.33. The minimum absolute atomic E-state index is 0.0530. The number of carbonyl (C=O) groups excluding carboxylic acids is 1. The number of nitrogen functional groups attached to an aromatic ring is 1. The number of rotatable bonds is 3. The molecule has 4 nitrogen and oxygen atoms in total. The maximum atomic E-state index is 12.3. The van der Waals surface area contributed by atoms with Crippen LogP contribution in [-0.2, 0) is 0 Å². The van der Waals surface area contributed by atoms with Gasteiger partial charge in [0.15, 0.2) is 0 Å². The first-order valence-corrected chi connectivity index (χ1v) is 6.84. The van der Waals surface area contributed by atoms with Crippen LogP contribution in [0.2, 0.25) is 0 Å². The Labute approximate surface area is 125 Å². The lowest BCUT2D eigenvalue weighted by molar-refractivity contribution is 0.0828. The van der Waals surface area contributed by atoms with Crippen LogP contribution in [0.1, 0.15) is 21.5 Å². The number of nitrogens with one attached hydrogen (secondary N) is 1. The zero-order valence-corrected chi connectivity index (χ0v) is 12.9. The summed E-state index contributed by atoms with van der Waals surface area (Å²) in [5, 5.41) is 3.33. The Bertz CT molecular complexity index is 678. The van der Waals surface area contributed by atoms with E-state index in [9.17, 15) is 4.79 Å². The third-order valence-corrected chi connectivity index (χ3v) is 3.34. The molecule has 0 atom stereocenters. The largest absolute Gasteiger partial charge is 0.399 e. The van der Waals surface area contributed by atoms with E-state index in [4.69, 9.17) is 5.73 Å². The highest BCUT2D eigenvalue weighted by Gasteiger charge is 2.14. The van der Waals surface area contributed by atoms with Gasteiger partial charge < -0.3 is 16.0 Å². The Morgan fingerprint density at radius 3 is 2.43 bits per heavy atom. The van der Waals surface area contributed by atoms with E-state index in [-0.39, 0.29) is 5.91 Å². The van der Waals surface area contributed by atoms with Gasteiger partial charge in [-0.2, -0.15) is 0 Å². The van der Waals surface area contributed by atoms with Gasteiger partial charge in [-0.25, -0.2) is 0 Å². The number of benzene rings is 2. The molecular formula is C17H21N3O. The van der Waals surface area contributed by atoms with Crippen LogP contribution in [0.25, 0.3) is 0 Å². The number of hydrogen-bond acceptors (Lipinski definition) is 3. The lowest BCUT2D eigenvalue weighted by atomic mass is 10.1. The molecule has 0 aliphatic heterocycles. The molecule has 21 heavy (non-hydrogen) atoms. The molecule has 2 aromatic carbocycles. The van der Waals surface area contributed by atoms with Crippen molar-refractivity contribution >= 4 is 23.0 Å². The summed E-state index contributed by atoms with van der Waals surface area (Å²) >= 11 is 0. The number of hydrogen-bond donors (Lipinski definition) is 2. The number of aryl methyl sites for hydroxylation is 2. The molecule has 0 bridgehead atoms. The summed E-state index contributed by atoms with van der Waals surface area (Å²) in [5.74, 6) is -0.0530. The summed E-state index contributed by atoms with van der Waals surface area (Å²) in [7, 11) is 3.47. The molecule has 0 saturated heterocycles. The Hall–Kier alpha value is -2.49. The minimum Gasteiger partial charge on any atom is -0.399 e. The highest BCUT2D eigenvalue weighted by Crippen LogP contribution is 2.27. The van der Waals surface area contributed by atoms with Gasteiger partial charge in [0.1, 0.15) is 0 Å². The minimum atomic E-state index is -0.0530. The fourth-order valence-corrected chi connectivity index (χ4v) is 2.11. The second-order valence-electron chi connectivity index (χ2n) is 5.45. The Kier molecular flexibility index (Phi) is 4.17. The molecule has 0 spiro atoms. The van der Waals surface area contributed by atoms with Gasteiger partial charge in [0, 0.05) is 25.5 Å². The van der Waals surface area contributed by atoms with Gasteiger partial charge in [-0.15, -0.1) is 0 Å². The van der Waals surface area contributed by atoms with Crippen molar-refractivity contribution in [2.45, 2.75) is 13.8 Å². The Balaban J connectivity index is 2.45. The predicted molar refractivity (Wildman–Crippen MR) is 88.1 cm³/mol. The van der Waals surface area contributed by atoms with Crippen molar-refractivity contribution in [3.63, 3.8) is 0 Å². The second kappa shape index (κ2) is 5.87. The lowest BCUT2D eigenvalue weighted by Gasteiger charge is -2.17. The second-order valence-corrected chi connectivity index (χ2v) is 5.45. The van der Waals surface area contributed by atoms with Crippen LogP contribution in [-0.4, -0.2) is 24.9 Å². The third kappa shape index (κ3) is 3.34. The van der Waals surface area contributed by atoms with Crippen molar-refractivity contribution in [3.05, 3.63) is 53.1 Å². The van der Waals surface area contributed by atoms with E-state index in [2.05, 4.69) is 23.5 Å². The molecule has 0 heterocycles. The molecule has 0 fully saturated rings. The van der Waals surface area contributed by atoms with Crippen molar-refractivity contribution in [3.8, 4) is 0 Å². The summed E-state index contributed by atoms with van der Waals surface area (Å²) in [6, 6.07) is 11.5. The van der Waals surface area contributed by atoms with Gasteiger partial charge in [-0.1, -0.05) is 12.1 Å². The van der Waals surface area contributed by atoms with E-state index in [1.165, 1.54) is 0 Å². The number of nitrogens with two attached hydrogens (primary N) is 1. The third-order valence-electron chi connectivity index (χ3n) is 3.34. The van der Waals surface area contributed by atoms with Crippen LogP contribution in [0.5, 0.6) is 0 Å². The van der Waals surface area contributed by atoms with Gasteiger partial charge >= 0.3 is 0 Å². The van der Waals surface area contributed by atoms with Crippen molar-refractivity contribution in [2.75, 3.05) is 25.1 Å². The van der Waals surface area contributed by atoms with Gasteiger partial charge in [0.05, 0.1) is 11.3 Å². The van der Waals surface area contributed by atoms with Gasteiger partial charge in [-0.3, -0.25) is 4.79 Å². The maximum absolute atomic E-state index is 12.3. The topological polar surface area (TPSA) is 58.4 Å². The van der Waals surface area contributed by atoms with E-state index in [0.717, 1.165) is 22.5 Å². The molecule has 0 aromatic heterocycles. The van der Waals surface area contributed by atoms with Crippen LogP contribution in [0, 0.1) is 13.8 Å². The normalized spacial score (nSPS) is 10.3. The van der Waals surface area contributed by atoms with E-state index in [1.54, 1.807) is 37.2 Å². The van der Waals surface area contributed by atoms with E-state index < -0.39 is 0 Å². The molecule has 1 amide bonds. The van der Waals surface area contributed by atoms with Crippen molar-refractivity contribution in [1.29, 1.82) is 0 Å². The van der Waals surface area contributed by atoms with E-state index >= 15 is 0 Å². The first kappa shape index (κ1) is 14.9. The SMILES string of the molecule is Cc1ccc(C)c(Nc2cc(N)ccc2C(=O)N(C)C)c1. The maximum Gasteiger partial charge on any atom is 0.255 e. The number of nitrogens with zero attached hydrogens (tertiary/aromatic N) is 1. The van der Waals surface area contributed by atoms with Crippen LogP contribution in [0.4, 0.5) is 17.1 Å². The molecule has 3 N–H and O–H groups in total. The van der Waals surface area contributed by atoms with Gasteiger partial charge in [-0.05, 0) is 49.2 Å². The zero-order valence-electron chi connectivity index (χ0n) is 12.9. The highest BCUT2D eigenvalue weighted by atomic mass is 16.2. The molecule has 4 heteroatoms. The summed E-state index contributed by atoms with van der Waals surface area (Å²) < 4.78 is 0. The summed E-state index contributed by atoms with van der Waals surface area (Å²) in [5.41, 5.74) is 11.1. The Morgan fingerprint density at radius 2 is 1.76 bits per heavy atom. The van der Waals surface area contributed by atoms with Crippen LogP contribution in [0.15, 0.2) is 36.4 Å². The van der Waals surface area contributed by atoms with Gasteiger partial charge in [0.2, 0.25) is 0 Å². The van der Waals surface area contributed by atoms with Crippen LogP contribution in [0.3, 0.4) is 0 Å². The van der Waals surface area contributed by atoms with Crippen LogP contribution < -0.4 is 11.1 Å². The summed E-state index contributed by atoms with van der Waals surface area (Å²) in [6.07, 6.45) is 0. The smallest absolute Gasteiger partial charge is 0.255 e. The van der Waals surface area contributed by atoms with Crippen LogP contribution >= 0.6 is 0 Å². The quantitative estimate of drug-likeness (QED) is 0.849. The van der Waals surface area contributed by atoms with Gasteiger partial charge in [0.25, 0.3) is 5.91 Å². The van der Waals surface area contributed by atoms with E-state index in [1.807, 2.05) is 13.8 Å². The highest BCUT2D eigenvalue weighted by molar-refractivity contribution is 6.00. The number of amides is 1. The summed E-state index contributed by atoms with van der Waals surface area (Å²) in [4.78, 5) is 13.8. The zero-order chi connectivity index (χ0) is 15.6. The monoisotopic (exact) mass is 283 g/mol. The first-order chi connectivity index (χ1) is 9.88. The van der Waals surface area contributed by atoms with Crippen molar-refractivity contribution in [2.24, 2.45) is 0 Å². The first-order valence-electron chi connectivity index (χ1n) is 6.84. The van der Waals surface area contributed by atoms with Crippen molar-refractivity contribution < 1.29 is 4.79 Å². The fourth-order valence-electron chi connectivity index (χ4n) is 2.11. The molecule has 0 aliphatic carbocycles. The Morgan fingerprint density at radius 1 is 1.05 bits per heavy atom. The molecule has 2 aromatic rings. The molecule has 0 aliphatic rings. The lowest BCUT2D eigenvalue weighted by Crippen LogP contribution is -2.22. The molecule has 110 valence electrons. The molecule has 2 rings (SSSR count). The number of anilines is 3. The standard InChI is InChI=1S/C17H21N3O/c1-11-5-6-12(2)15(9-11)19-16-10-13(18)7-8-14(16)17(21)20(3)4/h5-10,19H,18H2,1-4H3. The van der Waals surface area contributed by atoms with E-state index in [0.29, 0.717) is 11.3 Å². The average Bonchev–Trinajstić information content (AvgIpc) is 2.42.